The summed E-state index contributed by atoms with van der Waals surface area (Å²) in [7, 11) is 0. The van der Waals surface area contributed by atoms with E-state index in [9.17, 15) is 45.6 Å². The number of ether oxygens (including phenoxy) is 4. The van der Waals surface area contributed by atoms with Crippen LogP contribution in [0, 0.1) is 0 Å². The van der Waals surface area contributed by atoms with Crippen LogP contribution in [0.25, 0.3) is 0 Å². The molecule has 0 aromatic rings. The molecular weight excluding hydrogens is 1310 g/mol. The molecule has 12 unspecified atom stereocenters. The van der Waals surface area contributed by atoms with E-state index in [1.807, 2.05) is 0 Å². The fourth-order valence-electron chi connectivity index (χ4n) is 14.7. The molecule has 2 aliphatic rings. The summed E-state index contributed by atoms with van der Waals surface area (Å²) in [6.45, 7) is 2.81. The second-order valence-electron chi connectivity index (χ2n) is 31.4. The summed E-state index contributed by atoms with van der Waals surface area (Å²) >= 11 is 0. The van der Waals surface area contributed by atoms with Crippen LogP contribution in [0.4, 0.5) is 0 Å². The molecule has 2 aliphatic heterocycles. The van der Waals surface area contributed by atoms with Crippen LogP contribution in [-0.4, -0.2) is 140 Å². The molecule has 12 atom stereocenters. The first kappa shape index (κ1) is 98.5. The van der Waals surface area contributed by atoms with Crippen LogP contribution in [0.2, 0.25) is 0 Å². The van der Waals surface area contributed by atoms with Crippen molar-refractivity contribution in [3.05, 3.63) is 72.9 Å². The van der Waals surface area contributed by atoms with E-state index < -0.39 is 86.8 Å². The van der Waals surface area contributed by atoms with Gasteiger partial charge in [-0.2, -0.15) is 0 Å². The second-order valence-corrected chi connectivity index (χ2v) is 31.4. The zero-order chi connectivity index (χ0) is 75.8. The number of hydrogen-bond acceptors (Lipinski definition) is 13. The normalized spacial score (nSPS) is 21.7. The Morgan fingerprint density at radius 3 is 1.01 bits per heavy atom. The highest BCUT2D eigenvalue weighted by Crippen LogP contribution is 2.31. The molecular formula is C91H167NO13. The van der Waals surface area contributed by atoms with Crippen LogP contribution < -0.4 is 5.32 Å². The van der Waals surface area contributed by atoms with Crippen molar-refractivity contribution in [2.75, 3.05) is 19.8 Å². The molecule has 2 saturated heterocycles. The first-order valence-electron chi connectivity index (χ1n) is 44.7. The average Bonchev–Trinajstić information content (AvgIpc) is 0.789. The van der Waals surface area contributed by atoms with Gasteiger partial charge in [0.25, 0.3) is 0 Å². The summed E-state index contributed by atoms with van der Waals surface area (Å²) < 4.78 is 23.0. The van der Waals surface area contributed by atoms with Crippen molar-refractivity contribution >= 4 is 5.91 Å². The van der Waals surface area contributed by atoms with E-state index in [0.29, 0.717) is 12.8 Å². The Bertz CT molecular complexity index is 2050. The molecule has 9 N–H and O–H groups in total. The number of aliphatic hydroxyl groups excluding tert-OH is 8. The molecule has 14 nitrogen and oxygen atoms in total. The minimum atomic E-state index is -1.78. The van der Waals surface area contributed by atoms with Gasteiger partial charge in [0.1, 0.15) is 48.8 Å². The lowest BCUT2D eigenvalue weighted by molar-refractivity contribution is -0.359. The molecule has 14 heteroatoms. The Morgan fingerprint density at radius 2 is 0.657 bits per heavy atom. The summed E-state index contributed by atoms with van der Waals surface area (Å²) in [5, 5.41) is 88.1. The van der Waals surface area contributed by atoms with Crippen molar-refractivity contribution in [3.8, 4) is 0 Å². The molecule has 1 amide bonds. The topological polar surface area (TPSA) is 228 Å². The standard InChI is InChI=1S/C91H167NO13/c1-3-5-7-9-11-13-15-17-19-21-23-25-27-29-31-33-35-37-38-39-40-41-42-43-45-47-49-51-53-55-57-59-61-63-65-67-69-71-73-75-83(96)92-79(78-102-90-88(101)86(99)89(82(77-94)104-90)105-91-87(100)85(98)84(97)81(76-93)103-91)80(95)74-72-70-68-66-64-62-60-58-56-54-52-50-48-46-44-36-34-32-30-28-26-24-22-20-18-16-14-12-10-8-6-4-2/h5,7,11,13,17,19,23,25,29,31,35,37,79-82,84-91,93-95,97-101H,3-4,6,8-10,12,14-16,18,20-22,24,26-28,30,32-34,36,38-78H2,1-2H3,(H,92,96)/b7-5-,13-11-,19-17-,25-23-,31-29-,37-35-. The van der Waals surface area contributed by atoms with E-state index in [4.69, 9.17) is 18.9 Å². The molecule has 0 aromatic heterocycles. The molecule has 105 heavy (non-hydrogen) atoms. The highest BCUT2D eigenvalue weighted by molar-refractivity contribution is 5.76. The molecule has 0 aromatic carbocycles. The minimum Gasteiger partial charge on any atom is -0.394 e. The summed E-state index contributed by atoms with van der Waals surface area (Å²) in [6, 6.07) is -0.832. The molecule has 0 bridgehead atoms. The van der Waals surface area contributed by atoms with Crippen molar-refractivity contribution in [1.82, 2.24) is 5.32 Å². The second kappa shape index (κ2) is 74.2. The van der Waals surface area contributed by atoms with Gasteiger partial charge in [0, 0.05) is 6.42 Å². The zero-order valence-electron chi connectivity index (χ0n) is 67.7. The largest absolute Gasteiger partial charge is 0.394 e. The van der Waals surface area contributed by atoms with Crippen LogP contribution in [0.15, 0.2) is 72.9 Å². The van der Waals surface area contributed by atoms with Gasteiger partial charge in [-0.25, -0.2) is 0 Å². The number of rotatable bonds is 76. The summed E-state index contributed by atoms with van der Waals surface area (Å²) in [5.74, 6) is -0.199. The van der Waals surface area contributed by atoms with Crippen molar-refractivity contribution in [3.63, 3.8) is 0 Å². The molecule has 0 aliphatic carbocycles. The van der Waals surface area contributed by atoms with E-state index in [0.717, 1.165) is 89.9 Å². The fourth-order valence-corrected chi connectivity index (χ4v) is 14.7. The lowest BCUT2D eigenvalue weighted by Crippen LogP contribution is -2.65. The maximum absolute atomic E-state index is 13.4. The van der Waals surface area contributed by atoms with E-state index >= 15 is 0 Å². The zero-order valence-corrected chi connectivity index (χ0v) is 67.7. The number of allylic oxidation sites excluding steroid dienone is 12. The maximum Gasteiger partial charge on any atom is 0.220 e. The molecule has 2 fully saturated rings. The third kappa shape index (κ3) is 56.3. The Hall–Kier alpha value is -2.57. The minimum absolute atomic E-state index is 0.199. The molecule has 0 radical (unpaired) electrons. The monoisotopic (exact) mass is 1480 g/mol. The number of aliphatic hydroxyl groups is 8. The van der Waals surface area contributed by atoms with Crippen LogP contribution in [0.5, 0.6) is 0 Å². The highest BCUT2D eigenvalue weighted by atomic mass is 16.7. The van der Waals surface area contributed by atoms with Gasteiger partial charge in [-0.1, -0.05) is 408 Å². The highest BCUT2D eigenvalue weighted by Gasteiger charge is 2.51. The van der Waals surface area contributed by atoms with Crippen LogP contribution in [-0.2, 0) is 23.7 Å². The Balaban J connectivity index is 1.56. The maximum atomic E-state index is 13.4. The van der Waals surface area contributed by atoms with Crippen LogP contribution in [0.1, 0.15) is 406 Å². The van der Waals surface area contributed by atoms with Crippen LogP contribution in [0.3, 0.4) is 0 Å². The predicted molar refractivity (Wildman–Crippen MR) is 438 cm³/mol. The SMILES string of the molecule is CC/C=C\C/C=C\C/C=C\C/C=C\C/C=C\C/C=C\CCCCCCCCCCCCCCCCCCCCCCC(=O)NC(COC1OC(CO)C(OC2OC(CO)C(O)C(O)C2O)C(O)C1O)C(O)CCCCCCCCCCCCCCCCCCCCCCCCCCCCCCCCCC. The van der Waals surface area contributed by atoms with Crippen molar-refractivity contribution in [2.45, 2.75) is 479 Å². The quantitative estimate of drug-likeness (QED) is 0.0204. The van der Waals surface area contributed by atoms with Crippen molar-refractivity contribution in [1.29, 1.82) is 0 Å². The molecule has 2 rings (SSSR count). The lowest BCUT2D eigenvalue weighted by atomic mass is 9.97. The Morgan fingerprint density at radius 1 is 0.352 bits per heavy atom. The third-order valence-electron chi connectivity index (χ3n) is 21.7. The molecule has 0 saturated carbocycles. The van der Waals surface area contributed by atoms with Crippen LogP contribution >= 0.6 is 0 Å². The lowest BCUT2D eigenvalue weighted by Gasteiger charge is -2.46. The fraction of sp³-hybridized carbons (Fsp3) is 0.857. The summed E-state index contributed by atoms with van der Waals surface area (Å²) in [4.78, 5) is 13.4. The van der Waals surface area contributed by atoms with Gasteiger partial charge >= 0.3 is 0 Å². The van der Waals surface area contributed by atoms with Gasteiger partial charge in [-0.3, -0.25) is 4.79 Å². The molecule has 0 spiro atoms. The van der Waals surface area contributed by atoms with Gasteiger partial charge < -0.3 is 65.1 Å². The first-order chi connectivity index (χ1) is 51.6. The number of amides is 1. The molecule has 614 valence electrons. The number of carbonyl (C=O) groups excluding carboxylic acids is 1. The van der Waals surface area contributed by atoms with Gasteiger partial charge in [-0.05, 0) is 64.2 Å². The number of carbonyl (C=O) groups is 1. The van der Waals surface area contributed by atoms with Crippen molar-refractivity contribution in [2.24, 2.45) is 0 Å². The number of hydrogen-bond donors (Lipinski definition) is 9. The van der Waals surface area contributed by atoms with E-state index in [1.54, 1.807) is 0 Å². The van der Waals surface area contributed by atoms with Crippen molar-refractivity contribution < 1.29 is 64.6 Å². The Kier molecular flexibility index (Phi) is 69.6. The number of nitrogens with one attached hydrogen (secondary N) is 1. The van der Waals surface area contributed by atoms with Gasteiger partial charge in [0.15, 0.2) is 12.6 Å². The number of unbranched alkanes of at least 4 members (excludes halogenated alkanes) is 51. The predicted octanol–water partition coefficient (Wildman–Crippen LogP) is 21.6. The van der Waals surface area contributed by atoms with Gasteiger partial charge in [0.05, 0.1) is 32.0 Å². The van der Waals surface area contributed by atoms with E-state index in [2.05, 4.69) is 92.1 Å². The van der Waals surface area contributed by atoms with Gasteiger partial charge in [0.2, 0.25) is 5.91 Å². The average molecular weight is 1480 g/mol. The Labute approximate surface area is 644 Å². The van der Waals surface area contributed by atoms with Gasteiger partial charge in [-0.15, -0.1) is 0 Å². The smallest absolute Gasteiger partial charge is 0.220 e. The first-order valence-corrected chi connectivity index (χ1v) is 44.7. The summed E-state index contributed by atoms with van der Waals surface area (Å²) in [6.07, 6.45) is 86.8. The van der Waals surface area contributed by atoms with E-state index in [1.165, 1.54) is 289 Å². The molecule has 2 heterocycles. The summed E-state index contributed by atoms with van der Waals surface area (Å²) in [5.41, 5.74) is 0. The third-order valence-corrected chi connectivity index (χ3v) is 21.7. The van der Waals surface area contributed by atoms with E-state index in [-0.39, 0.29) is 12.5 Å².